The van der Waals surface area contributed by atoms with Gasteiger partial charge in [-0.15, -0.1) is 0 Å². The quantitative estimate of drug-likeness (QED) is 0.826. The minimum Gasteiger partial charge on any atom is -0.491 e. The Morgan fingerprint density at radius 1 is 1.32 bits per heavy atom. The van der Waals surface area contributed by atoms with Crippen LogP contribution in [0.2, 0.25) is 0 Å². The van der Waals surface area contributed by atoms with Gasteiger partial charge in [0.2, 0.25) is 0 Å². The second kappa shape index (κ2) is 6.93. The minimum atomic E-state index is -0.461. The molecule has 3 rings (SSSR count). The first kappa shape index (κ1) is 17.6. The molecule has 0 spiro atoms. The maximum atomic E-state index is 12.1. The molecule has 2 heterocycles. The van der Waals surface area contributed by atoms with Crippen molar-refractivity contribution in [1.29, 1.82) is 5.26 Å². The number of nitrogens with zero attached hydrogens (tertiary/aromatic N) is 3. The molecule has 0 radical (unpaired) electrons. The molecule has 2 aliphatic rings. The molecule has 25 heavy (non-hydrogen) atoms. The summed E-state index contributed by atoms with van der Waals surface area (Å²) in [6.07, 6.45) is -0.236. The highest BCUT2D eigenvalue weighted by molar-refractivity contribution is 5.68. The summed E-state index contributed by atoms with van der Waals surface area (Å²) in [5.74, 6) is 1.01. The van der Waals surface area contributed by atoms with Crippen LogP contribution in [0, 0.1) is 11.3 Å². The van der Waals surface area contributed by atoms with Crippen molar-refractivity contribution >= 4 is 6.09 Å². The molecule has 0 bridgehead atoms. The highest BCUT2D eigenvalue weighted by Crippen LogP contribution is 2.37. The number of benzene rings is 1. The molecule has 0 N–H and O–H groups in total. The van der Waals surface area contributed by atoms with Gasteiger partial charge in [0, 0.05) is 44.2 Å². The van der Waals surface area contributed by atoms with Crippen LogP contribution < -0.4 is 4.74 Å². The number of hydrogen-bond donors (Lipinski definition) is 0. The van der Waals surface area contributed by atoms with Gasteiger partial charge in [-0.05, 0) is 26.8 Å². The molecule has 1 aromatic rings. The van der Waals surface area contributed by atoms with Crippen molar-refractivity contribution in [1.82, 2.24) is 9.80 Å². The molecule has 134 valence electrons. The Morgan fingerprint density at radius 2 is 2.04 bits per heavy atom. The zero-order valence-electron chi connectivity index (χ0n) is 15.1. The minimum absolute atomic E-state index is 0.236. The standard InChI is InChI=1S/C19H25N3O3/c1-19(2,3)25-18(23)22-9-7-21(8-10-22)12-15-13-24-17-14(11-20)5-4-6-16(15)17/h4-6,15H,7-10,12-13H2,1-3H3. The van der Waals surface area contributed by atoms with Crippen LogP contribution in [-0.4, -0.2) is 60.8 Å². The fraction of sp³-hybridized carbons (Fsp3) is 0.579. The number of piperazine rings is 1. The normalized spacial score (nSPS) is 20.6. The topological polar surface area (TPSA) is 65.8 Å². The lowest BCUT2D eigenvalue weighted by Crippen LogP contribution is -2.50. The van der Waals surface area contributed by atoms with Gasteiger partial charge in [-0.1, -0.05) is 12.1 Å². The third kappa shape index (κ3) is 4.05. The zero-order valence-corrected chi connectivity index (χ0v) is 15.1. The van der Waals surface area contributed by atoms with Crippen molar-refractivity contribution in [2.45, 2.75) is 32.3 Å². The number of para-hydroxylation sites is 1. The van der Waals surface area contributed by atoms with Gasteiger partial charge in [-0.2, -0.15) is 5.26 Å². The Kier molecular flexibility index (Phi) is 4.87. The van der Waals surface area contributed by atoms with E-state index in [0.29, 0.717) is 25.3 Å². The molecule has 1 fully saturated rings. The molecule has 1 saturated heterocycles. The SMILES string of the molecule is CC(C)(C)OC(=O)N1CCN(CC2COc3c(C#N)cccc32)CC1. The van der Waals surface area contributed by atoms with Gasteiger partial charge in [-0.25, -0.2) is 4.79 Å². The fourth-order valence-corrected chi connectivity index (χ4v) is 3.30. The van der Waals surface area contributed by atoms with Gasteiger partial charge in [0.25, 0.3) is 0 Å². The second-order valence-corrected chi connectivity index (χ2v) is 7.61. The van der Waals surface area contributed by atoms with E-state index in [-0.39, 0.29) is 12.0 Å². The molecular formula is C19H25N3O3. The van der Waals surface area contributed by atoms with E-state index in [0.717, 1.165) is 30.9 Å². The summed E-state index contributed by atoms with van der Waals surface area (Å²) >= 11 is 0. The van der Waals surface area contributed by atoms with E-state index in [1.165, 1.54) is 0 Å². The number of carbonyl (C=O) groups is 1. The highest BCUT2D eigenvalue weighted by Gasteiger charge is 2.31. The number of carbonyl (C=O) groups excluding carboxylic acids is 1. The predicted molar refractivity (Wildman–Crippen MR) is 93.6 cm³/mol. The average molecular weight is 343 g/mol. The Morgan fingerprint density at radius 3 is 2.68 bits per heavy atom. The second-order valence-electron chi connectivity index (χ2n) is 7.61. The van der Waals surface area contributed by atoms with Gasteiger partial charge in [-0.3, -0.25) is 4.90 Å². The number of nitriles is 1. The molecule has 0 aliphatic carbocycles. The van der Waals surface area contributed by atoms with Crippen molar-refractivity contribution in [2.75, 3.05) is 39.3 Å². The molecule has 1 aromatic carbocycles. The van der Waals surface area contributed by atoms with Crippen LogP contribution in [0.15, 0.2) is 18.2 Å². The summed E-state index contributed by atoms with van der Waals surface area (Å²) in [5, 5.41) is 9.18. The van der Waals surface area contributed by atoms with E-state index in [1.807, 2.05) is 32.9 Å². The first-order valence-electron chi connectivity index (χ1n) is 8.73. The molecular weight excluding hydrogens is 318 g/mol. The Hall–Kier alpha value is -2.26. The fourth-order valence-electron chi connectivity index (χ4n) is 3.30. The molecule has 6 heteroatoms. The van der Waals surface area contributed by atoms with Gasteiger partial charge in [0.05, 0.1) is 12.2 Å². The van der Waals surface area contributed by atoms with E-state index >= 15 is 0 Å². The van der Waals surface area contributed by atoms with E-state index in [1.54, 1.807) is 11.0 Å². The summed E-state index contributed by atoms with van der Waals surface area (Å²) in [5.41, 5.74) is 1.26. The van der Waals surface area contributed by atoms with Gasteiger partial charge in [0.1, 0.15) is 17.4 Å². The smallest absolute Gasteiger partial charge is 0.410 e. The highest BCUT2D eigenvalue weighted by atomic mass is 16.6. The molecule has 1 atom stereocenters. The van der Waals surface area contributed by atoms with Crippen molar-refractivity contribution < 1.29 is 14.3 Å². The first-order valence-corrected chi connectivity index (χ1v) is 8.73. The first-order chi connectivity index (χ1) is 11.9. The number of rotatable bonds is 2. The number of fused-ring (bicyclic) bond motifs is 1. The van der Waals surface area contributed by atoms with E-state index in [2.05, 4.69) is 11.0 Å². The lowest BCUT2D eigenvalue weighted by molar-refractivity contribution is 0.0139. The Labute approximate surface area is 148 Å². The molecule has 1 amide bonds. The van der Waals surface area contributed by atoms with E-state index in [4.69, 9.17) is 9.47 Å². The van der Waals surface area contributed by atoms with Crippen LogP contribution in [-0.2, 0) is 4.74 Å². The maximum absolute atomic E-state index is 12.1. The van der Waals surface area contributed by atoms with E-state index in [9.17, 15) is 10.1 Å². The summed E-state index contributed by atoms with van der Waals surface area (Å²) in [7, 11) is 0. The van der Waals surface area contributed by atoms with Crippen molar-refractivity contribution in [2.24, 2.45) is 0 Å². The van der Waals surface area contributed by atoms with Crippen LogP contribution in [0.5, 0.6) is 5.75 Å². The van der Waals surface area contributed by atoms with Crippen LogP contribution in [0.25, 0.3) is 0 Å². The van der Waals surface area contributed by atoms with Crippen molar-refractivity contribution in [3.8, 4) is 11.8 Å². The number of ether oxygens (including phenoxy) is 2. The van der Waals surface area contributed by atoms with E-state index < -0.39 is 5.60 Å². The van der Waals surface area contributed by atoms with Crippen molar-refractivity contribution in [3.63, 3.8) is 0 Å². The number of hydrogen-bond acceptors (Lipinski definition) is 5. The van der Waals surface area contributed by atoms with Crippen LogP contribution in [0.1, 0.15) is 37.8 Å². The largest absolute Gasteiger partial charge is 0.491 e. The van der Waals surface area contributed by atoms with Crippen LogP contribution in [0.3, 0.4) is 0 Å². The molecule has 1 unspecified atom stereocenters. The van der Waals surface area contributed by atoms with Gasteiger partial charge >= 0.3 is 6.09 Å². The maximum Gasteiger partial charge on any atom is 0.410 e. The molecule has 0 aromatic heterocycles. The van der Waals surface area contributed by atoms with Crippen molar-refractivity contribution in [3.05, 3.63) is 29.3 Å². The van der Waals surface area contributed by atoms with Crippen LogP contribution in [0.4, 0.5) is 4.79 Å². The third-order valence-electron chi connectivity index (χ3n) is 4.54. The summed E-state index contributed by atoms with van der Waals surface area (Å²) < 4.78 is 11.2. The summed E-state index contributed by atoms with van der Waals surface area (Å²) in [6.45, 7) is 10.1. The zero-order chi connectivity index (χ0) is 18.0. The number of amides is 1. The van der Waals surface area contributed by atoms with Gasteiger partial charge < -0.3 is 14.4 Å². The Bertz CT molecular complexity index is 682. The molecule has 0 saturated carbocycles. The Balaban J connectivity index is 1.55. The summed E-state index contributed by atoms with van der Waals surface area (Å²) in [4.78, 5) is 16.3. The molecule has 6 nitrogen and oxygen atoms in total. The average Bonchev–Trinajstić information content (AvgIpc) is 2.97. The lowest BCUT2D eigenvalue weighted by Gasteiger charge is -2.36. The van der Waals surface area contributed by atoms with Gasteiger partial charge in [0.15, 0.2) is 0 Å². The monoisotopic (exact) mass is 343 g/mol. The van der Waals surface area contributed by atoms with Crippen LogP contribution >= 0.6 is 0 Å². The predicted octanol–water partition coefficient (Wildman–Crippen LogP) is 2.59. The summed E-state index contributed by atoms with van der Waals surface area (Å²) in [6, 6.07) is 7.95. The lowest BCUT2D eigenvalue weighted by atomic mass is 9.98. The molecule has 2 aliphatic heterocycles. The third-order valence-corrected chi connectivity index (χ3v) is 4.54.